The summed E-state index contributed by atoms with van der Waals surface area (Å²) in [5.41, 5.74) is 38.7. The van der Waals surface area contributed by atoms with E-state index >= 15 is 0 Å². The fourth-order valence-corrected chi connectivity index (χ4v) is 18.9. The zero-order valence-corrected chi connectivity index (χ0v) is 59.4. The van der Waals surface area contributed by atoms with Gasteiger partial charge in [0.1, 0.15) is 0 Å². The van der Waals surface area contributed by atoms with Crippen LogP contribution in [0.25, 0.3) is 144 Å². The highest BCUT2D eigenvalue weighted by molar-refractivity contribution is 7.09. The molecule has 4 aliphatic heterocycles. The second-order valence-electron chi connectivity index (χ2n) is 29.5. The molecule has 0 aliphatic carbocycles. The Morgan fingerprint density at radius 1 is 0.202 bits per heavy atom. The van der Waals surface area contributed by atoms with E-state index in [1.54, 1.807) is 0 Å². The summed E-state index contributed by atoms with van der Waals surface area (Å²) in [7, 11) is 0. The van der Waals surface area contributed by atoms with Crippen molar-refractivity contribution in [2.75, 3.05) is 14.5 Å². The molecule has 17 aromatic carbocycles. The number of aromatic nitrogens is 2. The highest BCUT2D eigenvalue weighted by atomic mass is 15.2. The van der Waals surface area contributed by atoms with Crippen LogP contribution in [0, 0.1) is 0 Å². The third kappa shape index (κ3) is 9.43. The molecule has 0 unspecified atom stereocenters. The van der Waals surface area contributed by atoms with E-state index in [9.17, 15) is 0 Å². The van der Waals surface area contributed by atoms with Gasteiger partial charge in [-0.25, -0.2) is 0 Å². The van der Waals surface area contributed by atoms with Crippen molar-refractivity contribution in [2.45, 2.75) is 0 Å². The monoisotopic (exact) mass is 1380 g/mol. The van der Waals surface area contributed by atoms with Crippen LogP contribution in [0.2, 0.25) is 0 Å². The Bertz CT molecular complexity index is 6370. The maximum Gasteiger partial charge on any atom is 0.316 e. The minimum absolute atomic E-state index is 0.230. The maximum absolute atomic E-state index is 2.90. The minimum Gasteiger partial charge on any atom is -0.444 e. The van der Waals surface area contributed by atoms with Crippen LogP contribution in [0.15, 0.2) is 394 Å². The summed E-state index contributed by atoms with van der Waals surface area (Å²) < 4.78 is 8.16. The lowest BCUT2D eigenvalue weighted by Crippen LogP contribution is -2.74. The average Bonchev–Trinajstić information content (AvgIpc) is 1.64. The van der Waals surface area contributed by atoms with Gasteiger partial charge in [-0.1, -0.05) is 297 Å². The molecular formula is C102H65B2N5. The van der Waals surface area contributed by atoms with Crippen LogP contribution in [-0.4, -0.2) is 22.8 Å². The summed E-state index contributed by atoms with van der Waals surface area (Å²) in [5, 5.41) is 4.97. The quantitative estimate of drug-likeness (QED) is 0.114. The van der Waals surface area contributed by atoms with Gasteiger partial charge in [-0.2, -0.15) is 0 Å². The Kier molecular flexibility index (Phi) is 13.6. The van der Waals surface area contributed by atoms with Gasteiger partial charge >= 0.3 is 13.7 Å². The molecule has 0 atom stereocenters. The topological polar surface area (TPSA) is 19.6 Å². The van der Waals surface area contributed by atoms with Crippen molar-refractivity contribution >= 4 is 119 Å². The Morgan fingerprint density at radius 2 is 0.495 bits per heavy atom. The first-order valence-electron chi connectivity index (χ1n) is 37.8. The lowest BCUT2D eigenvalue weighted by Gasteiger charge is -2.50. The molecule has 0 saturated carbocycles. The molecule has 0 fully saturated rings. The number of hydrogen-bond donors (Lipinski definition) is 0. The molecule has 5 nitrogen and oxygen atoms in total. The fraction of sp³-hybridized carbons (Fsp3) is 0. The normalized spacial score (nSPS) is 12.5. The molecule has 23 rings (SSSR count). The van der Waals surface area contributed by atoms with Crippen LogP contribution in [-0.2, 0) is 0 Å². The summed E-state index contributed by atoms with van der Waals surface area (Å²) in [5.74, 6) is 0. The number of para-hydroxylation sites is 5. The number of benzene rings is 17. The van der Waals surface area contributed by atoms with E-state index in [1.807, 2.05) is 0 Å². The van der Waals surface area contributed by atoms with E-state index in [4.69, 9.17) is 0 Å². The van der Waals surface area contributed by atoms with E-state index in [1.165, 1.54) is 116 Å². The van der Waals surface area contributed by atoms with Gasteiger partial charge in [0.15, 0.2) is 0 Å². The summed E-state index contributed by atoms with van der Waals surface area (Å²) in [6, 6.07) is 148. The zero-order valence-electron chi connectivity index (χ0n) is 59.4. The van der Waals surface area contributed by atoms with Gasteiger partial charge in [-0.3, -0.25) is 0 Å². The standard InChI is InChI=1S/C102H65B2N5/c1-7-26-66(27-8-1)72-48-52-78(53-49-72)105(80-58-74(68-30-11-3-12-31-68)56-75(59-80)69-32-13-4-14-33-69)82-62-90-88-40-23-41-89-91-63-83(106(79-54-50-73(51-55-79)67-28-9-2-10-29-67)81-60-76(70-34-15-5-16-35-70)57-77(61-81)71-36-17-6-18-37-71)65-97-99(91)104(93-45-25-43-87-85-39-20-22-47-95(85)108(97)102(87)93)109(100(88)89)103-92-44-24-42-86-84-38-19-21-46-94(84)107(101(86)92)96(64-82)98(90)103/h1-65H. The molecule has 504 valence electrons. The predicted molar refractivity (Wildman–Crippen MR) is 460 cm³/mol. The predicted octanol–water partition coefficient (Wildman–Crippen LogP) is 23.8. The molecular weight excluding hydrogens is 1320 g/mol. The molecule has 2 aromatic heterocycles. The molecule has 4 aliphatic rings. The van der Waals surface area contributed by atoms with Crippen molar-refractivity contribution in [3.63, 3.8) is 0 Å². The summed E-state index contributed by atoms with van der Waals surface area (Å²) >= 11 is 0. The van der Waals surface area contributed by atoms with E-state index in [-0.39, 0.29) is 13.7 Å². The Hall–Kier alpha value is -14.1. The lowest BCUT2D eigenvalue weighted by molar-refractivity contribution is 1.17. The SMILES string of the molecule is c1ccc(-c2ccc(N(c3cc(-c4ccccc4)cc(-c4ccccc4)c3)c3cc4c5c(c3)-n3c6ccccc6c6cccc(c63)B5N3B5c6c(cc(N(c7ccc(-c8ccccc8)cc7)c7cc(-c8ccccc8)cc(-c8ccccc8)c7)cc6-n6c7ccccc7c7cccc5c76)-c5cccc-4c53)cc2)cc1. The molecule has 7 heteroatoms. The minimum atomic E-state index is -0.230. The van der Waals surface area contributed by atoms with Crippen LogP contribution in [0.1, 0.15) is 0 Å². The van der Waals surface area contributed by atoms with Crippen molar-refractivity contribution in [3.05, 3.63) is 394 Å². The molecule has 19 aromatic rings. The number of anilines is 7. The highest BCUT2D eigenvalue weighted by Gasteiger charge is 2.53. The van der Waals surface area contributed by atoms with Crippen molar-refractivity contribution in [2.24, 2.45) is 0 Å². The number of nitrogens with zero attached hydrogens (tertiary/aromatic N) is 5. The van der Waals surface area contributed by atoms with Gasteiger partial charge < -0.3 is 23.7 Å². The van der Waals surface area contributed by atoms with Gasteiger partial charge in [-0.15, -0.1) is 0 Å². The van der Waals surface area contributed by atoms with Crippen LogP contribution in [0.4, 0.5) is 39.8 Å². The largest absolute Gasteiger partial charge is 0.444 e. The van der Waals surface area contributed by atoms with Crippen LogP contribution >= 0.6 is 0 Å². The Labute approximate surface area is 633 Å². The van der Waals surface area contributed by atoms with Gasteiger partial charge in [-0.05, 0) is 197 Å². The Morgan fingerprint density at radius 3 is 0.853 bits per heavy atom. The maximum atomic E-state index is 2.90. The van der Waals surface area contributed by atoms with Crippen molar-refractivity contribution in [1.82, 2.24) is 9.13 Å². The molecule has 6 heterocycles. The van der Waals surface area contributed by atoms with Crippen molar-refractivity contribution in [3.8, 4) is 100 Å². The van der Waals surface area contributed by atoms with Gasteiger partial charge in [0.05, 0.1) is 22.1 Å². The first-order valence-corrected chi connectivity index (χ1v) is 37.8. The highest BCUT2D eigenvalue weighted by Crippen LogP contribution is 2.54. The van der Waals surface area contributed by atoms with Crippen LogP contribution in [0.3, 0.4) is 0 Å². The number of rotatable bonds is 12. The van der Waals surface area contributed by atoms with Crippen LogP contribution < -0.4 is 36.4 Å². The number of hydrogen-bond acceptors (Lipinski definition) is 3. The molecule has 0 bridgehead atoms. The third-order valence-electron chi connectivity index (χ3n) is 23.5. The van der Waals surface area contributed by atoms with Crippen LogP contribution in [0.5, 0.6) is 0 Å². The van der Waals surface area contributed by atoms with Crippen molar-refractivity contribution < 1.29 is 0 Å². The van der Waals surface area contributed by atoms with Gasteiger partial charge in [0, 0.05) is 83.9 Å². The first-order chi connectivity index (χ1) is 54.1. The molecule has 0 radical (unpaired) electrons. The zero-order chi connectivity index (χ0) is 71.4. The molecule has 0 saturated heterocycles. The lowest BCUT2D eigenvalue weighted by atomic mass is 9.32. The first kappa shape index (κ1) is 61.2. The average molecular weight is 1380 g/mol. The summed E-state index contributed by atoms with van der Waals surface area (Å²) in [4.78, 5) is 5.08. The van der Waals surface area contributed by atoms with Crippen molar-refractivity contribution in [1.29, 1.82) is 0 Å². The molecule has 109 heavy (non-hydrogen) atoms. The van der Waals surface area contributed by atoms with Gasteiger partial charge in [0.2, 0.25) is 0 Å². The van der Waals surface area contributed by atoms with E-state index in [0.29, 0.717) is 0 Å². The van der Waals surface area contributed by atoms with E-state index < -0.39 is 0 Å². The molecule has 0 spiro atoms. The fourth-order valence-electron chi connectivity index (χ4n) is 18.9. The van der Waals surface area contributed by atoms with E-state index in [0.717, 1.165) is 89.8 Å². The van der Waals surface area contributed by atoms with E-state index in [2.05, 4.69) is 418 Å². The summed E-state index contributed by atoms with van der Waals surface area (Å²) in [6.45, 7) is -0.460. The number of fused-ring (bicyclic) bond motifs is 14. The summed E-state index contributed by atoms with van der Waals surface area (Å²) in [6.07, 6.45) is 0. The smallest absolute Gasteiger partial charge is 0.316 e. The molecule has 0 amide bonds. The van der Waals surface area contributed by atoms with Gasteiger partial charge in [0.25, 0.3) is 0 Å². The second kappa shape index (κ2) is 24.2. The second-order valence-corrected chi connectivity index (χ2v) is 29.5. The molecule has 0 N–H and O–H groups in total. The Balaban J connectivity index is 0.824. The third-order valence-corrected chi connectivity index (χ3v) is 23.5.